The average molecular weight is 430 g/mol. The number of rotatable bonds is 2. The predicted molar refractivity (Wildman–Crippen MR) is 118 cm³/mol. The van der Waals surface area contributed by atoms with Gasteiger partial charge in [-0.1, -0.05) is 18.6 Å². The number of amides is 2. The molecule has 0 saturated carbocycles. The second-order valence-electron chi connectivity index (χ2n) is 8.84. The number of hydrogen-bond donors (Lipinski definition) is 0. The van der Waals surface area contributed by atoms with Crippen LogP contribution in [0.4, 0.5) is 4.79 Å². The van der Waals surface area contributed by atoms with Crippen LogP contribution in [0.2, 0.25) is 0 Å². The largest absolute Gasteiger partial charge is 0.492 e. The smallest absolute Gasteiger partial charge is 0.410 e. The van der Waals surface area contributed by atoms with E-state index in [1.165, 1.54) is 42.7 Å². The van der Waals surface area contributed by atoms with Crippen LogP contribution in [0, 0.1) is 0 Å². The number of nitrogens with zero attached hydrogens (tertiary/aromatic N) is 3. The SMILES string of the molecule is O=C(CN1CCOC1=O)N1CCCCN2CCCCC2CCc2cccc(c2)OCC1. The Morgan fingerprint density at radius 3 is 2.58 bits per heavy atom. The van der Waals surface area contributed by atoms with Crippen LogP contribution in [0.15, 0.2) is 24.3 Å². The van der Waals surface area contributed by atoms with Crippen LogP contribution in [0.1, 0.15) is 44.1 Å². The van der Waals surface area contributed by atoms with E-state index in [0.717, 1.165) is 31.6 Å². The number of fused-ring (bicyclic) bond motifs is 3. The van der Waals surface area contributed by atoms with Gasteiger partial charge >= 0.3 is 6.09 Å². The molecule has 2 amide bonds. The third-order valence-electron chi connectivity index (χ3n) is 6.69. The second-order valence-corrected chi connectivity index (χ2v) is 8.84. The van der Waals surface area contributed by atoms with E-state index in [9.17, 15) is 9.59 Å². The van der Waals surface area contributed by atoms with Gasteiger partial charge < -0.3 is 19.3 Å². The molecule has 1 aromatic rings. The molecule has 0 radical (unpaired) electrons. The van der Waals surface area contributed by atoms with E-state index < -0.39 is 6.09 Å². The summed E-state index contributed by atoms with van der Waals surface area (Å²) in [5.74, 6) is 0.833. The van der Waals surface area contributed by atoms with Crippen LogP contribution in [0.5, 0.6) is 5.75 Å². The number of benzene rings is 1. The highest BCUT2D eigenvalue weighted by atomic mass is 16.6. The number of piperidine rings is 1. The summed E-state index contributed by atoms with van der Waals surface area (Å²) in [6.45, 7) is 4.90. The Bertz CT molecular complexity index is 756. The molecule has 7 heteroatoms. The zero-order valence-corrected chi connectivity index (χ0v) is 18.5. The summed E-state index contributed by atoms with van der Waals surface area (Å²) < 4.78 is 11.0. The van der Waals surface area contributed by atoms with Crippen molar-refractivity contribution >= 4 is 12.0 Å². The van der Waals surface area contributed by atoms with E-state index in [0.29, 0.717) is 38.9 Å². The van der Waals surface area contributed by atoms with Gasteiger partial charge in [0.15, 0.2) is 0 Å². The molecule has 2 fully saturated rings. The first-order valence-corrected chi connectivity index (χ1v) is 11.8. The van der Waals surface area contributed by atoms with Crippen LogP contribution in [0.25, 0.3) is 0 Å². The molecule has 2 saturated heterocycles. The van der Waals surface area contributed by atoms with Crippen molar-refractivity contribution in [3.05, 3.63) is 29.8 Å². The van der Waals surface area contributed by atoms with Gasteiger partial charge in [0.05, 0.1) is 13.1 Å². The summed E-state index contributed by atoms with van der Waals surface area (Å²) >= 11 is 0. The van der Waals surface area contributed by atoms with Gasteiger partial charge in [0, 0.05) is 12.6 Å². The Morgan fingerprint density at radius 1 is 0.935 bits per heavy atom. The molecular weight excluding hydrogens is 394 g/mol. The van der Waals surface area contributed by atoms with Gasteiger partial charge in [0.25, 0.3) is 0 Å². The second kappa shape index (κ2) is 10.8. The zero-order chi connectivity index (χ0) is 21.5. The van der Waals surface area contributed by atoms with Gasteiger partial charge in [-0.15, -0.1) is 0 Å². The Morgan fingerprint density at radius 2 is 1.74 bits per heavy atom. The molecule has 31 heavy (non-hydrogen) atoms. The minimum Gasteiger partial charge on any atom is -0.492 e. The van der Waals surface area contributed by atoms with E-state index in [-0.39, 0.29) is 12.5 Å². The van der Waals surface area contributed by atoms with Crippen molar-refractivity contribution in [2.24, 2.45) is 0 Å². The van der Waals surface area contributed by atoms with Crippen LogP contribution in [-0.2, 0) is 16.0 Å². The van der Waals surface area contributed by atoms with E-state index in [4.69, 9.17) is 9.47 Å². The molecule has 3 aliphatic rings. The number of carbonyl (C=O) groups is 2. The van der Waals surface area contributed by atoms with Crippen molar-refractivity contribution in [2.45, 2.75) is 51.0 Å². The standard InChI is InChI=1S/C24H35N3O4/c28-23(19-27-15-17-31-24(27)29)26-13-4-3-12-25-11-2-1-7-21(25)10-9-20-6-5-8-22(18-20)30-16-14-26/h5-6,8,18,21H,1-4,7,9-17,19H2. The van der Waals surface area contributed by atoms with Crippen LogP contribution in [-0.4, -0.2) is 85.2 Å². The van der Waals surface area contributed by atoms with Crippen LogP contribution < -0.4 is 4.74 Å². The molecule has 1 atom stereocenters. The maximum Gasteiger partial charge on any atom is 0.410 e. The molecule has 2 bridgehead atoms. The summed E-state index contributed by atoms with van der Waals surface area (Å²) in [6.07, 6.45) is 7.83. The number of cyclic esters (lactones) is 1. The first-order valence-electron chi connectivity index (χ1n) is 11.8. The summed E-state index contributed by atoms with van der Waals surface area (Å²) in [5.41, 5.74) is 1.32. The van der Waals surface area contributed by atoms with Crippen molar-refractivity contribution in [1.82, 2.24) is 14.7 Å². The maximum atomic E-state index is 12.9. The highest BCUT2D eigenvalue weighted by molar-refractivity contribution is 5.82. The molecule has 0 aromatic heterocycles. The van der Waals surface area contributed by atoms with Crippen molar-refractivity contribution in [3.8, 4) is 5.75 Å². The zero-order valence-electron chi connectivity index (χ0n) is 18.5. The fourth-order valence-corrected chi connectivity index (χ4v) is 4.89. The lowest BCUT2D eigenvalue weighted by molar-refractivity contribution is -0.132. The fourth-order valence-electron chi connectivity index (χ4n) is 4.89. The maximum absolute atomic E-state index is 12.9. The molecule has 3 aliphatic heterocycles. The Labute approximate surface area is 185 Å². The lowest BCUT2D eigenvalue weighted by Gasteiger charge is -2.36. The van der Waals surface area contributed by atoms with Gasteiger partial charge in [-0.2, -0.15) is 0 Å². The minimum absolute atomic E-state index is 0.0311. The highest BCUT2D eigenvalue weighted by Crippen LogP contribution is 2.23. The summed E-state index contributed by atoms with van der Waals surface area (Å²) in [7, 11) is 0. The van der Waals surface area contributed by atoms with Crippen molar-refractivity contribution < 1.29 is 19.1 Å². The third kappa shape index (κ3) is 6.12. The quantitative estimate of drug-likeness (QED) is 0.723. The molecular formula is C24H35N3O4. The highest BCUT2D eigenvalue weighted by Gasteiger charge is 2.27. The van der Waals surface area contributed by atoms with Gasteiger partial charge in [-0.3, -0.25) is 9.69 Å². The van der Waals surface area contributed by atoms with E-state index in [1.54, 1.807) is 0 Å². The van der Waals surface area contributed by atoms with Crippen LogP contribution >= 0.6 is 0 Å². The number of ether oxygens (including phenoxy) is 2. The lowest BCUT2D eigenvalue weighted by atomic mass is 9.95. The molecule has 7 nitrogen and oxygen atoms in total. The third-order valence-corrected chi connectivity index (χ3v) is 6.69. The van der Waals surface area contributed by atoms with Gasteiger partial charge in [-0.05, 0) is 69.3 Å². The van der Waals surface area contributed by atoms with E-state index in [2.05, 4.69) is 23.1 Å². The van der Waals surface area contributed by atoms with E-state index >= 15 is 0 Å². The summed E-state index contributed by atoms with van der Waals surface area (Å²) in [4.78, 5) is 30.6. The molecule has 0 spiro atoms. The van der Waals surface area contributed by atoms with Crippen molar-refractivity contribution in [3.63, 3.8) is 0 Å². The van der Waals surface area contributed by atoms with Crippen LogP contribution in [0.3, 0.4) is 0 Å². The minimum atomic E-state index is -0.393. The number of aryl methyl sites for hydroxylation is 1. The van der Waals surface area contributed by atoms with Crippen molar-refractivity contribution in [1.29, 1.82) is 0 Å². The van der Waals surface area contributed by atoms with Crippen molar-refractivity contribution in [2.75, 3.05) is 52.5 Å². The number of carbonyl (C=O) groups excluding carboxylic acids is 2. The van der Waals surface area contributed by atoms with Gasteiger partial charge in [0.2, 0.25) is 5.91 Å². The van der Waals surface area contributed by atoms with Gasteiger partial charge in [0.1, 0.15) is 25.5 Å². The Kier molecular flexibility index (Phi) is 7.67. The number of hydrogen-bond acceptors (Lipinski definition) is 5. The molecule has 0 N–H and O–H groups in total. The molecule has 1 aromatic carbocycles. The normalized spacial score (nSPS) is 23.9. The average Bonchev–Trinajstić information content (AvgIpc) is 3.18. The Balaban J connectivity index is 1.42. The molecule has 0 aliphatic carbocycles. The lowest BCUT2D eigenvalue weighted by Crippen LogP contribution is -2.43. The summed E-state index contributed by atoms with van der Waals surface area (Å²) in [5, 5.41) is 0. The fraction of sp³-hybridized carbons (Fsp3) is 0.667. The molecule has 170 valence electrons. The first kappa shape index (κ1) is 21.9. The topological polar surface area (TPSA) is 62.3 Å². The first-order chi connectivity index (χ1) is 15.2. The monoisotopic (exact) mass is 429 g/mol. The molecule has 3 heterocycles. The van der Waals surface area contributed by atoms with Gasteiger partial charge in [-0.25, -0.2) is 4.79 Å². The van der Waals surface area contributed by atoms with E-state index in [1.807, 2.05) is 11.0 Å². The summed E-state index contributed by atoms with van der Waals surface area (Å²) in [6, 6.07) is 9.02. The Hall–Kier alpha value is -2.28. The molecule has 1 unspecified atom stereocenters. The molecule has 4 rings (SSSR count). The predicted octanol–water partition coefficient (Wildman–Crippen LogP) is 2.93.